The first-order valence-corrected chi connectivity index (χ1v) is 7.25. The molecule has 0 unspecified atom stereocenters. The second-order valence-electron chi connectivity index (χ2n) is 4.81. The molecule has 0 bridgehead atoms. The molecular formula is C16H16BrNO. The van der Waals surface area contributed by atoms with Gasteiger partial charge in [0.1, 0.15) is 12.4 Å². The minimum atomic E-state index is 0.757. The largest absolute Gasteiger partial charge is 0.490 e. The van der Waals surface area contributed by atoms with Crippen LogP contribution in [0.15, 0.2) is 46.9 Å². The quantitative estimate of drug-likeness (QED) is 0.824. The molecule has 2 nitrogen and oxygen atoms in total. The highest BCUT2D eigenvalue weighted by atomic mass is 79.9. The Kier molecular flexibility index (Phi) is 3.47. The third kappa shape index (κ3) is 2.61. The van der Waals surface area contributed by atoms with Crippen molar-refractivity contribution >= 4 is 21.6 Å². The highest BCUT2D eigenvalue weighted by Gasteiger charge is 2.17. The average Bonchev–Trinajstić information content (AvgIpc) is 2.42. The molecule has 0 amide bonds. The number of hydrogen-bond donors (Lipinski definition) is 0. The number of benzene rings is 2. The summed E-state index contributed by atoms with van der Waals surface area (Å²) in [5, 5.41) is 0. The van der Waals surface area contributed by atoms with Crippen LogP contribution in [0.25, 0.3) is 0 Å². The number of hydrogen-bond acceptors (Lipinski definition) is 2. The summed E-state index contributed by atoms with van der Waals surface area (Å²) < 4.78 is 6.83. The maximum Gasteiger partial charge on any atom is 0.142 e. The van der Waals surface area contributed by atoms with Gasteiger partial charge < -0.3 is 9.64 Å². The fourth-order valence-corrected chi connectivity index (χ4v) is 2.91. The van der Waals surface area contributed by atoms with Crippen molar-refractivity contribution in [3.63, 3.8) is 0 Å². The lowest BCUT2D eigenvalue weighted by Crippen LogP contribution is -2.32. The van der Waals surface area contributed by atoms with E-state index >= 15 is 0 Å². The summed E-state index contributed by atoms with van der Waals surface area (Å²) in [4.78, 5) is 2.38. The van der Waals surface area contributed by atoms with Gasteiger partial charge in [0.2, 0.25) is 0 Å². The fourth-order valence-electron chi connectivity index (χ4n) is 2.43. The number of ether oxygens (including phenoxy) is 1. The minimum absolute atomic E-state index is 0.757. The van der Waals surface area contributed by atoms with Crippen molar-refractivity contribution < 1.29 is 4.74 Å². The monoisotopic (exact) mass is 317 g/mol. The smallest absolute Gasteiger partial charge is 0.142 e. The van der Waals surface area contributed by atoms with Crippen LogP contribution in [0, 0.1) is 6.92 Å². The lowest BCUT2D eigenvalue weighted by molar-refractivity contribution is 0.307. The van der Waals surface area contributed by atoms with Gasteiger partial charge in [-0.25, -0.2) is 0 Å². The van der Waals surface area contributed by atoms with Crippen LogP contribution in [0.5, 0.6) is 5.75 Å². The zero-order valence-corrected chi connectivity index (χ0v) is 12.5. The maximum atomic E-state index is 5.69. The van der Waals surface area contributed by atoms with Gasteiger partial charge in [0.25, 0.3) is 0 Å². The minimum Gasteiger partial charge on any atom is -0.490 e. The molecule has 1 aliphatic rings. The number of rotatable bonds is 2. The van der Waals surface area contributed by atoms with E-state index in [-0.39, 0.29) is 0 Å². The van der Waals surface area contributed by atoms with Gasteiger partial charge in [0, 0.05) is 11.0 Å². The molecule has 3 heteroatoms. The Labute approximate surface area is 122 Å². The Bertz CT molecular complexity index is 597. The molecule has 19 heavy (non-hydrogen) atoms. The highest BCUT2D eigenvalue weighted by Crippen LogP contribution is 2.32. The molecule has 0 aromatic heterocycles. The molecule has 0 spiro atoms. The van der Waals surface area contributed by atoms with Gasteiger partial charge in [-0.3, -0.25) is 0 Å². The Hall–Kier alpha value is -1.48. The summed E-state index contributed by atoms with van der Waals surface area (Å²) in [7, 11) is 0. The summed E-state index contributed by atoms with van der Waals surface area (Å²) in [5.74, 6) is 0.989. The van der Waals surface area contributed by atoms with Crippen LogP contribution in [0.1, 0.15) is 11.1 Å². The molecule has 0 fully saturated rings. The van der Waals surface area contributed by atoms with E-state index in [0.29, 0.717) is 0 Å². The summed E-state index contributed by atoms with van der Waals surface area (Å²) in [6.45, 7) is 4.78. The van der Waals surface area contributed by atoms with Gasteiger partial charge in [-0.1, -0.05) is 34.1 Å². The Balaban J connectivity index is 1.88. The first kappa shape index (κ1) is 12.5. The van der Waals surface area contributed by atoms with E-state index in [2.05, 4.69) is 58.1 Å². The molecule has 0 atom stereocenters. The average molecular weight is 318 g/mol. The zero-order valence-electron chi connectivity index (χ0n) is 10.9. The molecule has 0 radical (unpaired) electrons. The third-order valence-corrected chi connectivity index (χ3v) is 3.98. The number of para-hydroxylation sites is 2. The Morgan fingerprint density at radius 3 is 2.89 bits per heavy atom. The van der Waals surface area contributed by atoms with E-state index in [1.54, 1.807) is 0 Å². The van der Waals surface area contributed by atoms with Crippen LogP contribution < -0.4 is 9.64 Å². The van der Waals surface area contributed by atoms with Crippen molar-refractivity contribution in [2.75, 3.05) is 18.1 Å². The molecule has 1 heterocycles. The van der Waals surface area contributed by atoms with Gasteiger partial charge in [-0.2, -0.15) is 0 Å². The van der Waals surface area contributed by atoms with Crippen LogP contribution >= 0.6 is 15.9 Å². The number of nitrogens with zero attached hydrogens (tertiary/aromatic N) is 1. The molecule has 2 aromatic rings. The predicted octanol–water partition coefficient (Wildman–Crippen LogP) is 4.16. The van der Waals surface area contributed by atoms with E-state index in [9.17, 15) is 0 Å². The first-order valence-electron chi connectivity index (χ1n) is 6.46. The molecule has 0 aliphatic carbocycles. The predicted molar refractivity (Wildman–Crippen MR) is 81.9 cm³/mol. The van der Waals surface area contributed by atoms with Crippen molar-refractivity contribution in [2.24, 2.45) is 0 Å². The molecule has 2 aromatic carbocycles. The van der Waals surface area contributed by atoms with Gasteiger partial charge in [-0.05, 0) is 42.3 Å². The van der Waals surface area contributed by atoms with Crippen molar-refractivity contribution in [1.29, 1.82) is 0 Å². The standard InChI is InChI=1S/C16H16BrNO/c1-12-10-14(17)7-6-13(12)11-18-8-9-19-16-5-3-2-4-15(16)18/h2-7,10H,8-9,11H2,1H3. The first-order chi connectivity index (χ1) is 9.24. The lowest BCUT2D eigenvalue weighted by atomic mass is 10.1. The van der Waals surface area contributed by atoms with Gasteiger partial charge in [-0.15, -0.1) is 0 Å². The Morgan fingerprint density at radius 1 is 1.21 bits per heavy atom. The maximum absolute atomic E-state index is 5.69. The molecule has 0 N–H and O–H groups in total. The summed E-state index contributed by atoms with van der Waals surface area (Å²) in [6, 6.07) is 14.7. The number of halogens is 1. The van der Waals surface area contributed by atoms with Crippen LogP contribution in [0.3, 0.4) is 0 Å². The van der Waals surface area contributed by atoms with Crippen LogP contribution in [0.4, 0.5) is 5.69 Å². The third-order valence-electron chi connectivity index (χ3n) is 3.49. The van der Waals surface area contributed by atoms with Gasteiger partial charge >= 0.3 is 0 Å². The van der Waals surface area contributed by atoms with E-state index in [1.165, 1.54) is 16.8 Å². The van der Waals surface area contributed by atoms with E-state index in [0.717, 1.165) is 29.9 Å². The molecule has 3 rings (SSSR count). The SMILES string of the molecule is Cc1cc(Br)ccc1CN1CCOc2ccccc21. The van der Waals surface area contributed by atoms with Crippen molar-refractivity contribution in [3.05, 3.63) is 58.1 Å². The second-order valence-corrected chi connectivity index (χ2v) is 5.72. The normalized spacial score (nSPS) is 13.9. The highest BCUT2D eigenvalue weighted by molar-refractivity contribution is 9.10. The van der Waals surface area contributed by atoms with Crippen LogP contribution in [-0.2, 0) is 6.54 Å². The van der Waals surface area contributed by atoms with Gasteiger partial charge in [0.15, 0.2) is 0 Å². The Morgan fingerprint density at radius 2 is 2.05 bits per heavy atom. The number of fused-ring (bicyclic) bond motifs is 1. The van der Waals surface area contributed by atoms with Crippen molar-refractivity contribution in [1.82, 2.24) is 0 Å². The van der Waals surface area contributed by atoms with Crippen molar-refractivity contribution in [3.8, 4) is 5.75 Å². The fraction of sp³-hybridized carbons (Fsp3) is 0.250. The topological polar surface area (TPSA) is 12.5 Å². The molecule has 0 saturated carbocycles. The van der Waals surface area contributed by atoms with Gasteiger partial charge in [0.05, 0.1) is 12.2 Å². The summed E-state index contributed by atoms with van der Waals surface area (Å²) in [5.41, 5.74) is 3.87. The van der Waals surface area contributed by atoms with Crippen LogP contribution in [-0.4, -0.2) is 13.2 Å². The lowest BCUT2D eigenvalue weighted by Gasteiger charge is -2.31. The molecule has 1 aliphatic heterocycles. The molecule has 0 saturated heterocycles. The number of aryl methyl sites for hydroxylation is 1. The van der Waals surface area contributed by atoms with E-state index in [4.69, 9.17) is 4.74 Å². The number of anilines is 1. The molecule has 98 valence electrons. The molecular weight excluding hydrogens is 302 g/mol. The van der Waals surface area contributed by atoms with Crippen LogP contribution in [0.2, 0.25) is 0 Å². The summed E-state index contributed by atoms with van der Waals surface area (Å²) >= 11 is 3.51. The van der Waals surface area contributed by atoms with Crippen molar-refractivity contribution in [2.45, 2.75) is 13.5 Å². The second kappa shape index (κ2) is 5.25. The summed E-state index contributed by atoms with van der Waals surface area (Å²) in [6.07, 6.45) is 0. The van der Waals surface area contributed by atoms with E-state index in [1.807, 2.05) is 12.1 Å². The zero-order chi connectivity index (χ0) is 13.2. The van der Waals surface area contributed by atoms with E-state index < -0.39 is 0 Å².